The number of hydrogen-bond donors (Lipinski definition) is 1. The zero-order chi connectivity index (χ0) is 20.8. The Bertz CT molecular complexity index is 1040. The maximum Gasteiger partial charge on any atom is 0.139 e. The largest absolute Gasteiger partial charge is 0.494 e. The van der Waals surface area contributed by atoms with Gasteiger partial charge >= 0.3 is 0 Å². The first-order valence-electron chi connectivity index (χ1n) is 11.1. The molecule has 1 aliphatic rings. The zero-order valence-corrected chi connectivity index (χ0v) is 18.3. The lowest BCUT2D eigenvalue weighted by Crippen LogP contribution is -2.16. The summed E-state index contributed by atoms with van der Waals surface area (Å²) in [5.74, 6) is 1.58. The van der Waals surface area contributed by atoms with Crippen LogP contribution in [0.4, 0.5) is 11.4 Å². The van der Waals surface area contributed by atoms with Gasteiger partial charge in [0.2, 0.25) is 0 Å². The molecule has 3 nitrogen and oxygen atoms in total. The molecule has 0 atom stereocenters. The summed E-state index contributed by atoms with van der Waals surface area (Å²) in [6.45, 7) is 2.98. The predicted molar refractivity (Wildman–Crippen MR) is 129 cm³/mol. The molecule has 4 heteroatoms. The predicted octanol–water partition coefficient (Wildman–Crippen LogP) is 8.13. The van der Waals surface area contributed by atoms with Gasteiger partial charge in [-0.2, -0.15) is 0 Å². The Hall–Kier alpha value is -2.52. The van der Waals surface area contributed by atoms with Gasteiger partial charge in [-0.05, 0) is 42.1 Å². The number of hydrogen-bond acceptors (Lipinski definition) is 3. The van der Waals surface area contributed by atoms with Crippen molar-refractivity contribution in [1.29, 1.82) is 0 Å². The van der Waals surface area contributed by atoms with E-state index in [2.05, 4.69) is 36.5 Å². The molecule has 0 aromatic heterocycles. The van der Waals surface area contributed by atoms with Crippen LogP contribution in [0.25, 0.3) is 10.8 Å². The second-order valence-corrected chi connectivity index (χ2v) is 8.28. The van der Waals surface area contributed by atoms with Gasteiger partial charge in [-0.25, -0.2) is 4.99 Å². The third kappa shape index (κ3) is 4.79. The van der Waals surface area contributed by atoms with Crippen molar-refractivity contribution in [1.82, 2.24) is 0 Å². The van der Waals surface area contributed by atoms with Crippen LogP contribution >= 0.6 is 11.6 Å². The van der Waals surface area contributed by atoms with Gasteiger partial charge in [0, 0.05) is 16.6 Å². The van der Waals surface area contributed by atoms with Crippen LogP contribution < -0.4 is 10.1 Å². The van der Waals surface area contributed by atoms with E-state index in [1.807, 2.05) is 30.3 Å². The van der Waals surface area contributed by atoms with E-state index in [4.69, 9.17) is 21.3 Å². The summed E-state index contributed by atoms with van der Waals surface area (Å²) in [6.07, 6.45) is 8.93. The van der Waals surface area contributed by atoms with Gasteiger partial charge in [-0.1, -0.05) is 81.3 Å². The van der Waals surface area contributed by atoms with Crippen molar-refractivity contribution >= 4 is 39.6 Å². The summed E-state index contributed by atoms with van der Waals surface area (Å²) in [5, 5.41) is 6.42. The molecule has 0 radical (unpaired) electrons. The van der Waals surface area contributed by atoms with Crippen molar-refractivity contribution in [2.45, 2.75) is 51.9 Å². The highest BCUT2D eigenvalue weighted by Crippen LogP contribution is 2.37. The summed E-state index contributed by atoms with van der Waals surface area (Å²) in [5.41, 5.74) is 2.90. The van der Waals surface area contributed by atoms with E-state index in [0.29, 0.717) is 5.02 Å². The van der Waals surface area contributed by atoms with Gasteiger partial charge in [-0.3, -0.25) is 0 Å². The Labute approximate surface area is 184 Å². The van der Waals surface area contributed by atoms with Gasteiger partial charge in [0.25, 0.3) is 0 Å². The van der Waals surface area contributed by atoms with Crippen LogP contribution in [0, 0.1) is 0 Å². The summed E-state index contributed by atoms with van der Waals surface area (Å²) < 4.78 is 5.92. The lowest BCUT2D eigenvalue weighted by Gasteiger charge is -2.20. The molecule has 0 fully saturated rings. The number of nitrogens with zero attached hydrogens (tertiary/aromatic N) is 1. The number of ether oxygens (including phenoxy) is 1. The van der Waals surface area contributed by atoms with Crippen LogP contribution in [0.2, 0.25) is 5.02 Å². The second kappa shape index (κ2) is 9.99. The van der Waals surface area contributed by atoms with Gasteiger partial charge in [0.1, 0.15) is 11.6 Å². The minimum Gasteiger partial charge on any atom is -0.494 e. The van der Waals surface area contributed by atoms with Crippen molar-refractivity contribution in [2.75, 3.05) is 11.9 Å². The summed E-state index contributed by atoms with van der Waals surface area (Å²) in [7, 11) is 0. The van der Waals surface area contributed by atoms with Crippen molar-refractivity contribution in [3.05, 3.63) is 65.2 Å². The van der Waals surface area contributed by atoms with Crippen molar-refractivity contribution < 1.29 is 4.74 Å². The maximum absolute atomic E-state index is 6.60. The van der Waals surface area contributed by atoms with Gasteiger partial charge < -0.3 is 10.1 Å². The monoisotopic (exact) mass is 420 g/mol. The summed E-state index contributed by atoms with van der Waals surface area (Å²) in [4.78, 5) is 4.82. The number of benzene rings is 3. The summed E-state index contributed by atoms with van der Waals surface area (Å²) in [6, 6.07) is 18.3. The molecular formula is C26H29ClN2O. The zero-order valence-electron chi connectivity index (χ0n) is 17.6. The Morgan fingerprint density at radius 2 is 1.67 bits per heavy atom. The molecule has 1 heterocycles. The van der Waals surface area contributed by atoms with Gasteiger partial charge in [0.05, 0.1) is 17.3 Å². The summed E-state index contributed by atoms with van der Waals surface area (Å²) >= 11 is 6.60. The number of rotatable bonds is 10. The second-order valence-electron chi connectivity index (χ2n) is 7.88. The number of unbranched alkanes of at least 4 members (excludes halogenated alkanes) is 6. The molecule has 0 saturated heterocycles. The van der Waals surface area contributed by atoms with Crippen molar-refractivity contribution in [3.8, 4) is 5.75 Å². The van der Waals surface area contributed by atoms with E-state index >= 15 is 0 Å². The fraction of sp³-hybridized carbons (Fsp3) is 0.346. The third-order valence-corrected chi connectivity index (χ3v) is 5.89. The quantitative estimate of drug-likeness (QED) is 0.336. The Balaban J connectivity index is 1.38. The maximum atomic E-state index is 6.60. The Kier molecular flexibility index (Phi) is 6.91. The van der Waals surface area contributed by atoms with E-state index in [9.17, 15) is 0 Å². The van der Waals surface area contributed by atoms with Gasteiger partial charge in [0.15, 0.2) is 0 Å². The smallest absolute Gasteiger partial charge is 0.139 e. The molecular weight excluding hydrogens is 392 g/mol. The standard InChI is InChI=1S/C26H29ClN2O/c1-2-3-4-5-6-7-8-17-30-20-15-16-21(22(27)18-20)26-28-23-13-9-11-19-12-10-14-24(29-26)25(19)23/h9-16,18H,2-8,17H2,1H3,(H,28,29). The van der Waals surface area contributed by atoms with E-state index < -0.39 is 0 Å². The topological polar surface area (TPSA) is 33.6 Å². The van der Waals surface area contributed by atoms with Crippen LogP contribution in [0.5, 0.6) is 5.75 Å². The molecule has 4 rings (SSSR count). The van der Waals surface area contributed by atoms with Crippen molar-refractivity contribution in [3.63, 3.8) is 0 Å². The van der Waals surface area contributed by atoms with Crippen LogP contribution in [-0.2, 0) is 0 Å². The highest BCUT2D eigenvalue weighted by Gasteiger charge is 2.17. The van der Waals surface area contributed by atoms with E-state index in [-0.39, 0.29) is 0 Å². The molecule has 0 spiro atoms. The van der Waals surface area contributed by atoms with E-state index in [1.165, 1.54) is 43.9 Å². The minimum absolute atomic E-state index is 0.643. The molecule has 156 valence electrons. The molecule has 3 aromatic rings. The first kappa shape index (κ1) is 20.7. The normalized spacial score (nSPS) is 12.5. The van der Waals surface area contributed by atoms with Crippen LogP contribution in [0.1, 0.15) is 57.4 Å². The number of aliphatic imine (C=N–C) groups is 1. The highest BCUT2D eigenvalue weighted by molar-refractivity contribution is 6.35. The van der Waals surface area contributed by atoms with E-state index in [1.54, 1.807) is 0 Å². The van der Waals surface area contributed by atoms with Crippen LogP contribution in [0.3, 0.4) is 0 Å². The minimum atomic E-state index is 0.643. The molecule has 0 unspecified atom stereocenters. The van der Waals surface area contributed by atoms with E-state index in [0.717, 1.165) is 46.9 Å². The Morgan fingerprint density at radius 1 is 0.900 bits per heavy atom. The molecule has 0 aliphatic carbocycles. The first-order chi connectivity index (χ1) is 14.8. The average molecular weight is 421 g/mol. The Morgan fingerprint density at radius 3 is 2.47 bits per heavy atom. The third-order valence-electron chi connectivity index (χ3n) is 5.58. The fourth-order valence-corrected chi connectivity index (χ4v) is 4.21. The molecule has 1 N–H and O–H groups in total. The van der Waals surface area contributed by atoms with Gasteiger partial charge in [-0.15, -0.1) is 0 Å². The molecule has 3 aromatic carbocycles. The first-order valence-corrected chi connectivity index (χ1v) is 11.4. The molecule has 1 aliphatic heterocycles. The molecule has 0 bridgehead atoms. The lowest BCUT2D eigenvalue weighted by atomic mass is 10.0. The number of anilines is 1. The fourth-order valence-electron chi connectivity index (χ4n) is 3.95. The SMILES string of the molecule is CCCCCCCCCOc1ccc(C2=Nc3cccc4cccc(c34)N2)c(Cl)c1. The van der Waals surface area contributed by atoms with Crippen molar-refractivity contribution in [2.24, 2.45) is 4.99 Å². The van der Waals surface area contributed by atoms with Crippen LogP contribution in [0.15, 0.2) is 59.6 Å². The average Bonchev–Trinajstić information content (AvgIpc) is 2.76. The number of halogens is 1. The number of amidine groups is 1. The lowest BCUT2D eigenvalue weighted by molar-refractivity contribution is 0.304. The number of nitrogens with one attached hydrogen (secondary N) is 1. The molecule has 0 amide bonds. The van der Waals surface area contributed by atoms with Crippen LogP contribution in [-0.4, -0.2) is 12.4 Å². The molecule has 30 heavy (non-hydrogen) atoms. The molecule has 0 saturated carbocycles. The highest BCUT2D eigenvalue weighted by atomic mass is 35.5.